The summed E-state index contributed by atoms with van der Waals surface area (Å²) in [4.78, 5) is 22.4. The number of benzene rings is 1. The van der Waals surface area contributed by atoms with Gasteiger partial charge in [-0.1, -0.05) is 15.9 Å². The topological polar surface area (TPSA) is 102 Å². The molecule has 0 aliphatic heterocycles. The summed E-state index contributed by atoms with van der Waals surface area (Å²) in [6, 6.07) is 4.75. The van der Waals surface area contributed by atoms with Crippen LogP contribution in [0.25, 0.3) is 0 Å². The molecular weight excluding hydrogens is 304 g/mol. The first-order valence-corrected chi connectivity index (χ1v) is 5.83. The average Bonchev–Trinajstić information content (AvgIpc) is 2.27. The molecule has 1 aromatic rings. The van der Waals surface area contributed by atoms with Crippen LogP contribution in [-0.4, -0.2) is 36.7 Å². The molecule has 0 radical (unpaired) electrons. The highest BCUT2D eigenvalue weighted by Crippen LogP contribution is 2.17. The number of carboxylic acids is 1. The molecule has 1 atom stereocenters. The van der Waals surface area contributed by atoms with Gasteiger partial charge in [-0.2, -0.15) is 0 Å². The van der Waals surface area contributed by atoms with Crippen LogP contribution >= 0.6 is 15.9 Å². The highest BCUT2D eigenvalue weighted by Gasteiger charge is 2.17. The Morgan fingerprint density at radius 2 is 2.17 bits per heavy atom. The number of amides is 1. The van der Waals surface area contributed by atoms with Gasteiger partial charge in [-0.05, 0) is 18.2 Å². The van der Waals surface area contributed by atoms with E-state index in [1.807, 2.05) is 0 Å². The minimum Gasteiger partial charge on any atom is -0.479 e. The van der Waals surface area contributed by atoms with Gasteiger partial charge in [0.25, 0.3) is 5.91 Å². The van der Waals surface area contributed by atoms with Gasteiger partial charge in [0.1, 0.15) is 0 Å². The van der Waals surface area contributed by atoms with E-state index in [0.29, 0.717) is 15.7 Å². The van der Waals surface area contributed by atoms with Crippen molar-refractivity contribution in [3.63, 3.8) is 0 Å². The summed E-state index contributed by atoms with van der Waals surface area (Å²) >= 11 is 3.22. The zero-order valence-electron chi connectivity index (χ0n) is 9.64. The van der Waals surface area contributed by atoms with Gasteiger partial charge in [0.2, 0.25) is 0 Å². The zero-order chi connectivity index (χ0) is 13.7. The highest BCUT2D eigenvalue weighted by atomic mass is 79.9. The maximum absolute atomic E-state index is 11.8. The molecule has 0 saturated heterocycles. The molecule has 1 rings (SSSR count). The van der Waals surface area contributed by atoms with Crippen molar-refractivity contribution in [2.24, 2.45) is 0 Å². The second-order valence-corrected chi connectivity index (χ2v) is 4.46. The number of carbonyl (C=O) groups is 2. The monoisotopic (exact) mass is 316 g/mol. The molecule has 4 N–H and O–H groups in total. The fourth-order valence-electron chi connectivity index (χ4n) is 1.30. The zero-order valence-corrected chi connectivity index (χ0v) is 11.2. The van der Waals surface area contributed by atoms with Crippen molar-refractivity contribution in [1.29, 1.82) is 0 Å². The molecule has 0 aliphatic carbocycles. The molecule has 0 fully saturated rings. The van der Waals surface area contributed by atoms with Crippen molar-refractivity contribution in [1.82, 2.24) is 5.32 Å². The standard InChI is InChI=1S/C11H13BrN2O4/c1-18-9(11(16)17)5-14-10(15)6-2-7(12)4-8(13)3-6/h2-4,9H,5,13H2,1H3,(H,14,15)(H,16,17). The normalized spacial score (nSPS) is 11.9. The molecule has 1 aromatic carbocycles. The van der Waals surface area contributed by atoms with E-state index >= 15 is 0 Å². The predicted molar refractivity (Wildman–Crippen MR) is 69.3 cm³/mol. The number of nitrogen functional groups attached to an aromatic ring is 1. The van der Waals surface area contributed by atoms with Gasteiger partial charge in [0.15, 0.2) is 6.10 Å². The third-order valence-corrected chi connectivity index (χ3v) is 2.65. The summed E-state index contributed by atoms with van der Waals surface area (Å²) in [5.41, 5.74) is 6.39. The average molecular weight is 317 g/mol. The Bertz CT molecular complexity index is 444. The maximum atomic E-state index is 11.8. The number of aliphatic carboxylic acids is 1. The van der Waals surface area contributed by atoms with Crippen molar-refractivity contribution in [3.8, 4) is 0 Å². The van der Waals surface area contributed by atoms with Crippen LogP contribution in [-0.2, 0) is 9.53 Å². The molecule has 0 bridgehead atoms. The number of nitrogens with two attached hydrogens (primary N) is 1. The molecule has 6 nitrogen and oxygen atoms in total. The van der Waals surface area contributed by atoms with Gasteiger partial charge in [0.05, 0.1) is 6.54 Å². The maximum Gasteiger partial charge on any atom is 0.334 e. The quantitative estimate of drug-likeness (QED) is 0.699. The number of hydrogen-bond donors (Lipinski definition) is 3. The van der Waals surface area contributed by atoms with Crippen LogP contribution < -0.4 is 11.1 Å². The van der Waals surface area contributed by atoms with E-state index in [-0.39, 0.29) is 6.54 Å². The summed E-state index contributed by atoms with van der Waals surface area (Å²) in [6.45, 7) is -0.114. The summed E-state index contributed by atoms with van der Waals surface area (Å²) in [6.07, 6.45) is -1.07. The van der Waals surface area contributed by atoms with Gasteiger partial charge in [-0.25, -0.2) is 4.79 Å². The second-order valence-electron chi connectivity index (χ2n) is 3.55. The first kappa shape index (κ1) is 14.5. The Kier molecular flexibility index (Phi) is 5.11. The minimum absolute atomic E-state index is 0.114. The van der Waals surface area contributed by atoms with Crippen LogP contribution in [0.3, 0.4) is 0 Å². The molecule has 1 amide bonds. The first-order valence-electron chi connectivity index (χ1n) is 5.04. The Labute approximate surface area is 112 Å². The SMILES string of the molecule is COC(CNC(=O)c1cc(N)cc(Br)c1)C(=O)O. The van der Waals surface area contributed by atoms with Crippen LogP contribution in [0.2, 0.25) is 0 Å². The number of halogens is 1. The highest BCUT2D eigenvalue weighted by molar-refractivity contribution is 9.10. The number of anilines is 1. The number of carbonyl (C=O) groups excluding carboxylic acids is 1. The molecule has 7 heteroatoms. The van der Waals surface area contributed by atoms with Crippen molar-refractivity contribution >= 4 is 33.5 Å². The first-order chi connectivity index (χ1) is 8.43. The number of ether oxygens (including phenoxy) is 1. The number of nitrogens with one attached hydrogen (secondary N) is 1. The largest absolute Gasteiger partial charge is 0.479 e. The number of carboxylic acid groups (broad SMARTS) is 1. The Morgan fingerprint density at radius 3 is 2.67 bits per heavy atom. The van der Waals surface area contributed by atoms with Gasteiger partial charge in [-0.15, -0.1) is 0 Å². The summed E-state index contributed by atoms with van der Waals surface area (Å²) in [7, 11) is 1.27. The van der Waals surface area contributed by atoms with Crippen LogP contribution in [0.1, 0.15) is 10.4 Å². The fourth-order valence-corrected chi connectivity index (χ4v) is 1.81. The van der Waals surface area contributed by atoms with E-state index in [0.717, 1.165) is 0 Å². The van der Waals surface area contributed by atoms with Gasteiger partial charge < -0.3 is 20.9 Å². The van der Waals surface area contributed by atoms with Gasteiger partial charge >= 0.3 is 5.97 Å². The lowest BCUT2D eigenvalue weighted by molar-refractivity contribution is -0.148. The molecule has 1 unspecified atom stereocenters. The van der Waals surface area contributed by atoms with Crippen LogP contribution in [0.5, 0.6) is 0 Å². The van der Waals surface area contributed by atoms with E-state index in [4.69, 9.17) is 15.6 Å². The summed E-state index contributed by atoms with van der Waals surface area (Å²) in [5.74, 6) is -1.54. The van der Waals surface area contributed by atoms with Crippen molar-refractivity contribution in [2.45, 2.75) is 6.10 Å². The predicted octanol–water partition coefficient (Wildman–Crippen LogP) is 0.861. The van der Waals surface area contributed by atoms with Crippen LogP contribution in [0.15, 0.2) is 22.7 Å². The van der Waals surface area contributed by atoms with E-state index < -0.39 is 18.0 Å². The Balaban J connectivity index is 2.68. The Hall–Kier alpha value is -1.60. The lowest BCUT2D eigenvalue weighted by Gasteiger charge is -2.11. The molecular formula is C11H13BrN2O4. The van der Waals surface area contributed by atoms with Gasteiger partial charge in [-0.3, -0.25) is 4.79 Å². The van der Waals surface area contributed by atoms with E-state index in [1.54, 1.807) is 12.1 Å². The number of hydrogen-bond acceptors (Lipinski definition) is 4. The summed E-state index contributed by atoms with van der Waals surface area (Å²) in [5, 5.41) is 11.2. The van der Waals surface area contributed by atoms with Crippen LogP contribution in [0, 0.1) is 0 Å². The second kappa shape index (κ2) is 6.36. The molecule has 98 valence electrons. The molecule has 0 spiro atoms. The van der Waals surface area contributed by atoms with Crippen LogP contribution in [0.4, 0.5) is 5.69 Å². The van der Waals surface area contributed by atoms with E-state index in [9.17, 15) is 9.59 Å². The van der Waals surface area contributed by atoms with E-state index in [2.05, 4.69) is 21.2 Å². The smallest absolute Gasteiger partial charge is 0.334 e. The minimum atomic E-state index is -1.13. The lowest BCUT2D eigenvalue weighted by atomic mass is 10.2. The number of rotatable bonds is 5. The van der Waals surface area contributed by atoms with Gasteiger partial charge in [0, 0.05) is 22.8 Å². The van der Waals surface area contributed by atoms with E-state index in [1.165, 1.54) is 13.2 Å². The fraction of sp³-hybridized carbons (Fsp3) is 0.273. The lowest BCUT2D eigenvalue weighted by Crippen LogP contribution is -2.37. The third kappa shape index (κ3) is 4.01. The van der Waals surface area contributed by atoms with Crippen molar-refractivity contribution in [2.75, 3.05) is 19.4 Å². The molecule has 0 heterocycles. The molecule has 0 aliphatic rings. The van der Waals surface area contributed by atoms with Crippen molar-refractivity contribution < 1.29 is 19.4 Å². The summed E-state index contributed by atoms with van der Waals surface area (Å²) < 4.78 is 5.37. The number of methoxy groups -OCH3 is 1. The molecule has 18 heavy (non-hydrogen) atoms. The third-order valence-electron chi connectivity index (χ3n) is 2.19. The molecule has 0 aromatic heterocycles. The van der Waals surface area contributed by atoms with Crippen molar-refractivity contribution in [3.05, 3.63) is 28.2 Å². The Morgan fingerprint density at radius 1 is 1.50 bits per heavy atom. The molecule has 0 saturated carbocycles.